The summed E-state index contributed by atoms with van der Waals surface area (Å²) in [4.78, 5) is 36.3. The van der Waals surface area contributed by atoms with Gasteiger partial charge in [0.25, 0.3) is 0 Å². The highest BCUT2D eigenvalue weighted by Crippen LogP contribution is 2.46. The Balaban J connectivity index is 2.61. The maximum atomic E-state index is 13.1. The van der Waals surface area contributed by atoms with Crippen LogP contribution in [-0.4, -0.2) is 28.1 Å². The third-order valence-corrected chi connectivity index (χ3v) is 4.40. The third-order valence-electron chi connectivity index (χ3n) is 4.40. The molecular weight excluding hydrogens is 287 g/mol. The van der Waals surface area contributed by atoms with Crippen LogP contribution in [0.5, 0.6) is 0 Å². The maximum absolute atomic E-state index is 13.1. The molecule has 0 unspecified atom stereocenters. The van der Waals surface area contributed by atoms with Crippen molar-refractivity contribution in [2.24, 2.45) is 11.8 Å². The van der Waals surface area contributed by atoms with Crippen molar-refractivity contribution in [3.05, 3.63) is 35.6 Å². The van der Waals surface area contributed by atoms with Gasteiger partial charge in [-0.15, -0.1) is 0 Å². The lowest BCUT2D eigenvalue weighted by Gasteiger charge is -2.44. The van der Waals surface area contributed by atoms with Crippen LogP contribution >= 0.6 is 0 Å². The van der Waals surface area contributed by atoms with E-state index in [2.05, 4.69) is 0 Å². The number of hydrogen-bond acceptors (Lipinski definition) is 4. The van der Waals surface area contributed by atoms with Crippen molar-refractivity contribution in [1.29, 1.82) is 0 Å². The van der Waals surface area contributed by atoms with Crippen molar-refractivity contribution < 1.29 is 23.9 Å². The van der Waals surface area contributed by atoms with E-state index >= 15 is 0 Å². The summed E-state index contributed by atoms with van der Waals surface area (Å²) < 4.78 is 13.1. The molecule has 0 aromatic heterocycles. The maximum Gasteiger partial charge on any atom is 0.146 e. The molecule has 22 heavy (non-hydrogen) atoms. The molecule has 0 radical (unpaired) electrons. The Bertz CT molecular complexity index is 618. The van der Waals surface area contributed by atoms with E-state index in [4.69, 9.17) is 0 Å². The fraction of sp³-hybridized carbons (Fsp3) is 0.471. The summed E-state index contributed by atoms with van der Waals surface area (Å²) in [6, 6.07) is 5.36. The van der Waals surface area contributed by atoms with Gasteiger partial charge in [0.1, 0.15) is 23.2 Å². The molecule has 1 saturated carbocycles. The van der Waals surface area contributed by atoms with E-state index in [0.717, 1.165) is 0 Å². The van der Waals surface area contributed by atoms with Crippen molar-refractivity contribution in [2.75, 3.05) is 0 Å². The minimum atomic E-state index is -1.52. The second kappa shape index (κ2) is 5.72. The minimum Gasteiger partial charge on any atom is -0.389 e. The molecule has 1 aromatic rings. The van der Waals surface area contributed by atoms with Gasteiger partial charge in [-0.3, -0.25) is 14.4 Å². The van der Waals surface area contributed by atoms with Crippen LogP contribution in [0.2, 0.25) is 0 Å². The summed E-state index contributed by atoms with van der Waals surface area (Å²) in [5.41, 5.74) is -1.01. The van der Waals surface area contributed by atoms with Crippen molar-refractivity contribution in [3.8, 4) is 0 Å². The number of benzene rings is 1. The molecule has 1 aromatic carbocycles. The van der Waals surface area contributed by atoms with Gasteiger partial charge in [-0.2, -0.15) is 0 Å². The van der Waals surface area contributed by atoms with Crippen molar-refractivity contribution in [2.45, 2.75) is 38.7 Å². The summed E-state index contributed by atoms with van der Waals surface area (Å²) in [5, 5.41) is 10.5. The lowest BCUT2D eigenvalue weighted by molar-refractivity contribution is -0.151. The summed E-state index contributed by atoms with van der Waals surface area (Å²) >= 11 is 0. The quantitative estimate of drug-likeness (QED) is 0.868. The summed E-state index contributed by atoms with van der Waals surface area (Å²) in [5.74, 6) is -4.11. The topological polar surface area (TPSA) is 71.4 Å². The van der Waals surface area contributed by atoms with Crippen molar-refractivity contribution in [1.82, 2.24) is 0 Å². The van der Waals surface area contributed by atoms with Gasteiger partial charge in [0.15, 0.2) is 0 Å². The molecule has 0 saturated heterocycles. The van der Waals surface area contributed by atoms with Crippen molar-refractivity contribution in [3.63, 3.8) is 0 Å². The summed E-state index contributed by atoms with van der Waals surface area (Å²) in [6.45, 7) is 4.07. The number of Topliss-reactive ketones (excluding diaryl/α,β-unsaturated/α-hetero) is 3. The zero-order chi connectivity index (χ0) is 16.7. The molecule has 4 nitrogen and oxygen atoms in total. The first-order valence-electron chi connectivity index (χ1n) is 7.16. The van der Waals surface area contributed by atoms with Gasteiger partial charge in [0.2, 0.25) is 0 Å². The van der Waals surface area contributed by atoms with Gasteiger partial charge in [-0.05, 0) is 38.5 Å². The Morgan fingerprint density at radius 1 is 1.18 bits per heavy atom. The largest absolute Gasteiger partial charge is 0.389 e. The van der Waals surface area contributed by atoms with Crippen LogP contribution in [0.25, 0.3) is 0 Å². The highest BCUT2D eigenvalue weighted by atomic mass is 19.1. The molecule has 0 bridgehead atoms. The minimum absolute atomic E-state index is 0.237. The second-order valence-corrected chi connectivity index (χ2v) is 6.25. The van der Waals surface area contributed by atoms with Crippen LogP contribution in [0, 0.1) is 17.7 Å². The van der Waals surface area contributed by atoms with Crippen LogP contribution in [0.1, 0.15) is 38.7 Å². The molecule has 0 amide bonds. The van der Waals surface area contributed by atoms with E-state index in [0.29, 0.717) is 5.56 Å². The molecule has 0 aliphatic heterocycles. The first kappa shape index (κ1) is 16.5. The Morgan fingerprint density at radius 3 is 2.18 bits per heavy atom. The number of carbonyl (C=O) groups excluding carboxylic acids is 3. The van der Waals surface area contributed by atoms with Crippen LogP contribution in [0.15, 0.2) is 24.3 Å². The standard InChI is InChI=1S/C17H19FO4/c1-9(19)14-13(21)8-17(3,22)16(10(2)20)15(14)11-4-6-12(18)7-5-11/h4-7,14-16,22H,8H2,1-3H3/t14-,15-,16+,17-/m1/s1. The number of halogens is 1. The van der Waals surface area contributed by atoms with Gasteiger partial charge in [-0.25, -0.2) is 4.39 Å². The van der Waals surface area contributed by atoms with Crippen LogP contribution < -0.4 is 0 Å². The monoisotopic (exact) mass is 306 g/mol. The molecule has 1 fully saturated rings. The number of carbonyl (C=O) groups is 3. The summed E-state index contributed by atoms with van der Waals surface area (Å²) in [7, 11) is 0. The zero-order valence-corrected chi connectivity index (χ0v) is 12.8. The number of ketones is 3. The van der Waals surface area contributed by atoms with E-state index in [9.17, 15) is 23.9 Å². The van der Waals surface area contributed by atoms with E-state index in [-0.39, 0.29) is 23.8 Å². The van der Waals surface area contributed by atoms with E-state index in [1.807, 2.05) is 0 Å². The fourth-order valence-corrected chi connectivity index (χ4v) is 3.59. The molecule has 1 aliphatic carbocycles. The van der Waals surface area contributed by atoms with E-state index in [1.165, 1.54) is 45.0 Å². The predicted molar refractivity (Wildman–Crippen MR) is 77.7 cm³/mol. The lowest BCUT2D eigenvalue weighted by Crippen LogP contribution is -2.53. The predicted octanol–water partition coefficient (Wildman–Crippen LogP) is 2.04. The van der Waals surface area contributed by atoms with E-state index < -0.39 is 29.2 Å². The highest BCUT2D eigenvalue weighted by Gasteiger charge is 2.53. The van der Waals surface area contributed by atoms with Gasteiger partial charge in [-0.1, -0.05) is 12.1 Å². The third kappa shape index (κ3) is 2.86. The van der Waals surface area contributed by atoms with Crippen LogP contribution in [-0.2, 0) is 14.4 Å². The van der Waals surface area contributed by atoms with Gasteiger partial charge in [0, 0.05) is 12.3 Å². The average molecular weight is 306 g/mol. The molecule has 0 spiro atoms. The molecule has 1 N–H and O–H groups in total. The Labute approximate surface area is 128 Å². The molecule has 0 heterocycles. The highest BCUT2D eigenvalue weighted by molar-refractivity contribution is 6.05. The first-order chi connectivity index (χ1) is 10.1. The molecule has 2 rings (SSSR count). The molecular formula is C17H19FO4. The average Bonchev–Trinajstić information content (AvgIpc) is 2.36. The second-order valence-electron chi connectivity index (χ2n) is 6.25. The smallest absolute Gasteiger partial charge is 0.146 e. The fourth-order valence-electron chi connectivity index (χ4n) is 3.59. The number of aliphatic hydroxyl groups is 1. The Hall–Kier alpha value is -1.88. The van der Waals surface area contributed by atoms with Crippen LogP contribution in [0.3, 0.4) is 0 Å². The van der Waals surface area contributed by atoms with Gasteiger partial charge in [0.05, 0.1) is 17.4 Å². The number of rotatable bonds is 3. The molecule has 4 atom stereocenters. The lowest BCUT2D eigenvalue weighted by atomic mass is 9.60. The van der Waals surface area contributed by atoms with Gasteiger partial charge < -0.3 is 5.11 Å². The van der Waals surface area contributed by atoms with Gasteiger partial charge >= 0.3 is 0 Å². The molecule has 118 valence electrons. The normalized spacial score (nSPS) is 31.9. The van der Waals surface area contributed by atoms with Crippen molar-refractivity contribution >= 4 is 17.3 Å². The summed E-state index contributed by atoms with van der Waals surface area (Å²) in [6.07, 6.45) is -0.237. The SMILES string of the molecule is CC(=O)[C@@H]1C(=O)C[C@@](C)(O)[C@@H](C(C)=O)[C@@H]1c1ccc(F)cc1. The first-order valence-corrected chi connectivity index (χ1v) is 7.16. The Morgan fingerprint density at radius 2 is 1.73 bits per heavy atom. The number of hydrogen-bond donors (Lipinski definition) is 1. The Kier molecular flexibility index (Phi) is 4.29. The van der Waals surface area contributed by atoms with Crippen LogP contribution in [0.4, 0.5) is 4.39 Å². The van der Waals surface area contributed by atoms with E-state index in [1.54, 1.807) is 0 Å². The molecule has 5 heteroatoms. The zero-order valence-electron chi connectivity index (χ0n) is 12.8. The molecule has 1 aliphatic rings.